The smallest absolute Gasteiger partial charge is 0.321 e. The number of nitrogens with one attached hydrogen (secondary N) is 2. The van der Waals surface area contributed by atoms with Gasteiger partial charge in [0.15, 0.2) is 10.3 Å². The number of aromatic amines is 2. The Morgan fingerprint density at radius 2 is 2.33 bits per heavy atom. The first-order valence-corrected chi connectivity index (χ1v) is 5.78. The highest BCUT2D eigenvalue weighted by molar-refractivity contribution is 7.80. The number of hydrogen-bond acceptors (Lipinski definition) is 7. The molecule has 2 aromatic rings. The second kappa shape index (κ2) is 6.33. The molecule has 0 bridgehead atoms. The number of aromatic nitrogens is 4. The molecule has 0 aromatic carbocycles. The first kappa shape index (κ1) is 14.4. The number of rotatable bonds is 2. The lowest BCUT2D eigenvalue weighted by Crippen LogP contribution is -2.31. The lowest BCUT2D eigenvalue weighted by atomic mass is 10.4. The van der Waals surface area contributed by atoms with Crippen LogP contribution < -0.4 is 11.5 Å². The Hall–Kier alpha value is -1.65. The normalized spacial score (nSPS) is 11.7. The van der Waals surface area contributed by atoms with Gasteiger partial charge >= 0.3 is 5.97 Å². The summed E-state index contributed by atoms with van der Waals surface area (Å²) in [7, 11) is 0. The van der Waals surface area contributed by atoms with Crippen LogP contribution in [0.1, 0.15) is 0 Å². The van der Waals surface area contributed by atoms with E-state index in [1.165, 1.54) is 6.33 Å². The van der Waals surface area contributed by atoms with Gasteiger partial charge in [0, 0.05) is 5.75 Å². The molecule has 8 nitrogen and oxygen atoms in total. The van der Waals surface area contributed by atoms with Gasteiger partial charge in [-0.25, -0.2) is 9.97 Å². The maximum atomic E-state index is 9.76. The van der Waals surface area contributed by atoms with Gasteiger partial charge in [-0.3, -0.25) is 4.79 Å². The van der Waals surface area contributed by atoms with E-state index < -0.39 is 12.0 Å². The van der Waals surface area contributed by atoms with Crippen molar-refractivity contribution in [3.8, 4) is 0 Å². The average Bonchev–Trinajstić information content (AvgIpc) is 2.76. The molecule has 10 heteroatoms. The van der Waals surface area contributed by atoms with Crippen LogP contribution >= 0.6 is 24.8 Å². The molecule has 0 fully saturated rings. The molecule has 1 atom stereocenters. The third-order valence-corrected chi connectivity index (χ3v) is 2.52. The number of nitrogens with zero attached hydrogens (tertiary/aromatic N) is 2. The number of thiol groups is 1. The van der Waals surface area contributed by atoms with E-state index in [1.807, 2.05) is 0 Å². The topological polar surface area (TPSA) is 147 Å². The zero-order valence-electron chi connectivity index (χ0n) is 9.12. The number of imidazole rings is 1. The number of aliphatic carboxylic acids is 1. The fraction of sp³-hybridized carbons (Fsp3) is 0.250. The van der Waals surface area contributed by atoms with Gasteiger partial charge in [0.1, 0.15) is 11.6 Å². The fourth-order valence-corrected chi connectivity index (χ4v) is 1.35. The Morgan fingerprint density at radius 3 is 2.83 bits per heavy atom. The number of nitrogens with two attached hydrogens (primary N) is 2. The van der Waals surface area contributed by atoms with Crippen LogP contribution in [0, 0.1) is 4.64 Å². The van der Waals surface area contributed by atoms with E-state index in [1.54, 1.807) is 0 Å². The van der Waals surface area contributed by atoms with Crippen molar-refractivity contribution >= 4 is 47.9 Å². The summed E-state index contributed by atoms with van der Waals surface area (Å²) >= 11 is 8.56. The van der Waals surface area contributed by atoms with Crippen molar-refractivity contribution in [1.29, 1.82) is 0 Å². The summed E-state index contributed by atoms with van der Waals surface area (Å²) < 4.78 is 0.439. The highest BCUT2D eigenvalue weighted by Crippen LogP contribution is 2.06. The third-order valence-electron chi connectivity index (χ3n) is 1.84. The van der Waals surface area contributed by atoms with Crippen LogP contribution in [0.5, 0.6) is 0 Å². The predicted octanol–water partition coefficient (Wildman–Crippen LogP) is -0.0742. The fourth-order valence-electron chi connectivity index (χ4n) is 0.945. The van der Waals surface area contributed by atoms with Gasteiger partial charge in [-0.15, -0.1) is 0 Å². The van der Waals surface area contributed by atoms with E-state index in [0.717, 1.165) is 0 Å². The average molecular weight is 288 g/mol. The molecule has 98 valence electrons. The van der Waals surface area contributed by atoms with Crippen molar-refractivity contribution in [1.82, 2.24) is 19.9 Å². The van der Waals surface area contributed by atoms with Crippen molar-refractivity contribution in [2.45, 2.75) is 6.04 Å². The molecular weight excluding hydrogens is 276 g/mol. The lowest BCUT2D eigenvalue weighted by Gasteiger charge is -1.96. The van der Waals surface area contributed by atoms with Crippen molar-refractivity contribution in [2.24, 2.45) is 5.73 Å². The second-order valence-corrected chi connectivity index (χ2v) is 3.93. The standard InChI is InChI=1S/C5H5N5S.C3H7NO2S/c6-5-9-3-2(4(11)10-5)7-1-8-3;4-2(1-7)3(5)6/h1H,(H4,6,7,8,9,10,11);2,7H,1,4H2,(H,5,6). The number of carboxylic acid groups (broad SMARTS) is 1. The van der Waals surface area contributed by atoms with E-state index in [4.69, 9.17) is 28.8 Å². The zero-order valence-corrected chi connectivity index (χ0v) is 10.8. The van der Waals surface area contributed by atoms with E-state index in [0.29, 0.717) is 15.8 Å². The summed E-state index contributed by atoms with van der Waals surface area (Å²) in [5.41, 5.74) is 11.7. The molecule has 0 aliphatic heterocycles. The van der Waals surface area contributed by atoms with Crippen LogP contribution in [0.25, 0.3) is 11.2 Å². The van der Waals surface area contributed by atoms with Crippen LogP contribution in [-0.4, -0.2) is 42.8 Å². The van der Waals surface area contributed by atoms with Crippen LogP contribution in [0.3, 0.4) is 0 Å². The molecule has 0 radical (unpaired) electrons. The molecule has 18 heavy (non-hydrogen) atoms. The molecule has 0 aliphatic carbocycles. The van der Waals surface area contributed by atoms with Crippen LogP contribution in [-0.2, 0) is 4.79 Å². The molecule has 7 N–H and O–H groups in total. The molecule has 2 aromatic heterocycles. The van der Waals surface area contributed by atoms with Crippen LogP contribution in [0.15, 0.2) is 6.33 Å². The molecule has 0 saturated heterocycles. The number of fused-ring (bicyclic) bond motifs is 1. The number of H-pyrrole nitrogens is 2. The summed E-state index contributed by atoms with van der Waals surface area (Å²) in [5, 5.41) is 8.01. The van der Waals surface area contributed by atoms with Gasteiger partial charge in [-0.2, -0.15) is 12.6 Å². The summed E-state index contributed by atoms with van der Waals surface area (Å²) in [6.45, 7) is 0. The van der Waals surface area contributed by atoms with Gasteiger partial charge in [-0.1, -0.05) is 12.2 Å². The van der Waals surface area contributed by atoms with Crippen molar-refractivity contribution in [2.75, 3.05) is 11.5 Å². The van der Waals surface area contributed by atoms with E-state index in [2.05, 4.69) is 32.6 Å². The summed E-state index contributed by atoms with van der Waals surface area (Å²) in [5.74, 6) is -0.528. The number of anilines is 1. The summed E-state index contributed by atoms with van der Waals surface area (Å²) in [6, 6.07) is -0.816. The first-order valence-electron chi connectivity index (χ1n) is 4.73. The minimum absolute atomic E-state index is 0.190. The molecular formula is C8H12N6O2S2. The van der Waals surface area contributed by atoms with Crippen molar-refractivity contribution in [3.05, 3.63) is 11.0 Å². The van der Waals surface area contributed by atoms with E-state index >= 15 is 0 Å². The third kappa shape index (κ3) is 3.68. The maximum Gasteiger partial charge on any atom is 0.321 e. The van der Waals surface area contributed by atoms with Crippen molar-refractivity contribution < 1.29 is 9.90 Å². The molecule has 2 heterocycles. The van der Waals surface area contributed by atoms with Crippen LogP contribution in [0.4, 0.5) is 5.95 Å². The lowest BCUT2D eigenvalue weighted by molar-refractivity contribution is -0.137. The van der Waals surface area contributed by atoms with Gasteiger partial charge in [0.25, 0.3) is 0 Å². The van der Waals surface area contributed by atoms with Gasteiger partial charge < -0.3 is 26.5 Å². The SMILES string of the molecule is NC(CS)C(=O)O.Nc1nc(=S)c2[nH]cnc2[nH]1. The molecule has 0 amide bonds. The number of carbonyl (C=O) groups is 1. The van der Waals surface area contributed by atoms with Crippen LogP contribution in [0.2, 0.25) is 0 Å². The Labute approximate surface area is 112 Å². The maximum absolute atomic E-state index is 9.76. The molecule has 0 saturated carbocycles. The van der Waals surface area contributed by atoms with Gasteiger partial charge in [0.2, 0.25) is 5.95 Å². The quantitative estimate of drug-likeness (QED) is 0.335. The summed E-state index contributed by atoms with van der Waals surface area (Å²) in [4.78, 5) is 23.2. The van der Waals surface area contributed by atoms with Gasteiger partial charge in [0.05, 0.1) is 6.33 Å². The minimum Gasteiger partial charge on any atom is -0.480 e. The highest BCUT2D eigenvalue weighted by atomic mass is 32.1. The van der Waals surface area contributed by atoms with Crippen molar-refractivity contribution in [3.63, 3.8) is 0 Å². The highest BCUT2D eigenvalue weighted by Gasteiger charge is 2.06. The predicted molar refractivity (Wildman–Crippen MR) is 72.9 cm³/mol. The van der Waals surface area contributed by atoms with E-state index in [-0.39, 0.29) is 11.7 Å². The molecule has 1 unspecified atom stereocenters. The van der Waals surface area contributed by atoms with E-state index in [9.17, 15) is 4.79 Å². The Kier molecular flexibility index (Phi) is 5.07. The molecule has 2 rings (SSSR count). The number of nitrogen functional groups attached to an aromatic ring is 1. The molecule has 0 spiro atoms. The number of hydrogen-bond donors (Lipinski definition) is 6. The Balaban J connectivity index is 0.000000203. The Bertz CT molecular complexity index is 595. The monoisotopic (exact) mass is 288 g/mol. The zero-order chi connectivity index (χ0) is 13.7. The number of carboxylic acids is 1. The van der Waals surface area contributed by atoms with Gasteiger partial charge in [-0.05, 0) is 0 Å². The largest absolute Gasteiger partial charge is 0.480 e. The minimum atomic E-state index is -1.00. The Morgan fingerprint density at radius 1 is 1.67 bits per heavy atom. The second-order valence-electron chi connectivity index (χ2n) is 3.18. The molecule has 0 aliphatic rings. The first-order chi connectivity index (χ1) is 8.45. The summed E-state index contributed by atoms with van der Waals surface area (Å²) in [6.07, 6.45) is 1.54.